The lowest BCUT2D eigenvalue weighted by atomic mass is 9.96. The van der Waals surface area contributed by atoms with Gasteiger partial charge < -0.3 is 89.9 Å². The van der Waals surface area contributed by atoms with Gasteiger partial charge in [-0.15, -0.1) is 0 Å². The van der Waals surface area contributed by atoms with Gasteiger partial charge in [0.05, 0.1) is 38.6 Å². The molecule has 19 nitrogen and oxygen atoms in total. The number of carbonyl (C=O) groups excluding carboxylic acids is 1. The molecule has 17 unspecified atom stereocenters. The molecule has 3 saturated heterocycles. The van der Waals surface area contributed by atoms with E-state index in [0.717, 1.165) is 96.3 Å². The predicted molar refractivity (Wildman–Crippen MR) is 295 cm³/mol. The lowest BCUT2D eigenvalue weighted by Crippen LogP contribution is -2.66. The normalized spacial score (nSPS) is 31.2. The van der Waals surface area contributed by atoms with Gasteiger partial charge >= 0.3 is 0 Å². The smallest absolute Gasteiger partial charge is 0.220 e. The fourth-order valence-electron chi connectivity index (χ4n) is 8.93. The van der Waals surface area contributed by atoms with E-state index < -0.39 is 124 Å². The minimum Gasteiger partial charge on any atom is -0.394 e. The van der Waals surface area contributed by atoms with Crippen LogP contribution in [0.15, 0.2) is 97.2 Å². The van der Waals surface area contributed by atoms with Crippen molar-refractivity contribution in [1.29, 1.82) is 0 Å². The zero-order chi connectivity index (χ0) is 56.9. The van der Waals surface area contributed by atoms with Crippen molar-refractivity contribution in [2.45, 2.75) is 240 Å². The molecule has 0 radical (unpaired) electrons. The van der Waals surface area contributed by atoms with Gasteiger partial charge in [-0.3, -0.25) is 4.79 Å². The fraction of sp³-hybridized carbons (Fsp3) is 0.712. The van der Waals surface area contributed by atoms with E-state index in [9.17, 15) is 61.0 Å². The summed E-state index contributed by atoms with van der Waals surface area (Å²) in [6.07, 6.45) is 24.2. The highest BCUT2D eigenvalue weighted by Gasteiger charge is 2.53. The molecule has 17 atom stereocenters. The summed E-state index contributed by atoms with van der Waals surface area (Å²) in [6, 6.07) is -0.995. The number of hydrogen-bond donors (Lipinski definition) is 12. The standard InChI is InChI=1S/C59H97NO18/c1-3-5-7-9-11-13-14-15-16-17-18-19-20-21-22-23-24-25-26-27-28-29-31-33-35-37-47(65)60-42(43(64)36-34-32-30-12-10-8-6-4-2)41-73-57-53(71)50(68)55(45(39-62)75-57)78-59-54(72)51(69)56(46(40-63)76-59)77-58-52(70)49(67)48(66)44(38-61)74-58/h5,7,11,13,15-16,18-19,21-22,24-25,27-28,34,36,42-46,48-59,61-64,66-72H,3-4,6,8-10,12,14,17,20,23,26,29-33,35,37-41H2,1-2H3,(H,60,65)/b7-5-,13-11-,16-15-,19-18-,22-21-,25-24-,28-27-,36-34+. The van der Waals surface area contributed by atoms with Gasteiger partial charge in [-0.25, -0.2) is 0 Å². The zero-order valence-electron chi connectivity index (χ0n) is 46.1. The van der Waals surface area contributed by atoms with Crippen molar-refractivity contribution in [3.63, 3.8) is 0 Å². The first-order chi connectivity index (χ1) is 37.8. The van der Waals surface area contributed by atoms with Crippen LogP contribution < -0.4 is 5.32 Å². The molecule has 0 spiro atoms. The van der Waals surface area contributed by atoms with E-state index in [2.05, 4.69) is 104 Å². The Balaban J connectivity index is 1.47. The average Bonchev–Trinajstić information content (AvgIpc) is 3.48. The molecule has 19 heteroatoms. The zero-order valence-corrected chi connectivity index (χ0v) is 46.1. The summed E-state index contributed by atoms with van der Waals surface area (Å²) < 4.78 is 34.1. The molecule has 0 aliphatic carbocycles. The Labute approximate surface area is 463 Å². The van der Waals surface area contributed by atoms with Crippen LogP contribution in [0, 0.1) is 0 Å². The third-order valence-corrected chi connectivity index (χ3v) is 13.6. The number of nitrogens with one attached hydrogen (secondary N) is 1. The van der Waals surface area contributed by atoms with E-state index in [1.54, 1.807) is 6.08 Å². The van der Waals surface area contributed by atoms with E-state index in [1.165, 1.54) is 12.8 Å². The summed E-state index contributed by atoms with van der Waals surface area (Å²) in [5, 5.41) is 120. The molecule has 12 N–H and O–H groups in total. The summed E-state index contributed by atoms with van der Waals surface area (Å²) in [5.41, 5.74) is 0. The van der Waals surface area contributed by atoms with Gasteiger partial charge in [0.1, 0.15) is 73.2 Å². The number of aliphatic hydroxyl groups is 11. The van der Waals surface area contributed by atoms with Crippen molar-refractivity contribution in [2.75, 3.05) is 26.4 Å². The van der Waals surface area contributed by atoms with Crippen molar-refractivity contribution >= 4 is 5.91 Å². The van der Waals surface area contributed by atoms with E-state index in [4.69, 9.17) is 28.4 Å². The van der Waals surface area contributed by atoms with Crippen molar-refractivity contribution in [3.05, 3.63) is 97.2 Å². The van der Waals surface area contributed by atoms with Crippen LogP contribution in [0.25, 0.3) is 0 Å². The molecule has 0 aromatic heterocycles. The quantitative estimate of drug-likeness (QED) is 0.0303. The molecule has 3 aliphatic rings. The Bertz CT molecular complexity index is 1800. The number of aliphatic hydroxyl groups excluding tert-OH is 11. The third-order valence-electron chi connectivity index (χ3n) is 13.6. The van der Waals surface area contributed by atoms with Crippen LogP contribution in [-0.2, 0) is 33.2 Å². The highest BCUT2D eigenvalue weighted by atomic mass is 16.8. The topological polar surface area (TPSA) is 307 Å². The SMILES string of the molecule is CC/C=C\C/C=C\C/C=C\C/C=C\C/C=C\C/C=C\C/C=C\CCCCCC(=O)NC(COC1OC(CO)C(OC2OC(CO)C(OC3OC(CO)C(O)C(O)C3O)C(O)C2O)C(O)C1O)C(O)/C=C/CCCCCCCC. The second-order valence-electron chi connectivity index (χ2n) is 20.0. The van der Waals surface area contributed by atoms with Crippen LogP contribution in [-0.4, -0.2) is 193 Å². The molecule has 78 heavy (non-hydrogen) atoms. The first kappa shape index (κ1) is 69.0. The highest BCUT2D eigenvalue weighted by molar-refractivity contribution is 5.76. The van der Waals surface area contributed by atoms with Crippen LogP contribution in [0.2, 0.25) is 0 Å². The van der Waals surface area contributed by atoms with Crippen molar-refractivity contribution < 1.29 is 89.4 Å². The fourth-order valence-corrected chi connectivity index (χ4v) is 8.93. The molecule has 3 fully saturated rings. The second kappa shape index (κ2) is 41.7. The number of amides is 1. The van der Waals surface area contributed by atoms with E-state index >= 15 is 0 Å². The maximum Gasteiger partial charge on any atom is 0.220 e. The Morgan fingerprint density at radius 2 is 0.885 bits per heavy atom. The van der Waals surface area contributed by atoms with Gasteiger partial charge in [0.2, 0.25) is 5.91 Å². The lowest BCUT2D eigenvalue weighted by Gasteiger charge is -2.48. The Hall–Kier alpha value is -3.29. The van der Waals surface area contributed by atoms with E-state index in [-0.39, 0.29) is 18.9 Å². The number of ether oxygens (including phenoxy) is 6. The molecule has 0 aromatic rings. The maximum atomic E-state index is 13.2. The van der Waals surface area contributed by atoms with Crippen LogP contribution in [0.3, 0.4) is 0 Å². The van der Waals surface area contributed by atoms with E-state index in [0.29, 0.717) is 6.42 Å². The minimum absolute atomic E-state index is 0.196. The minimum atomic E-state index is -1.98. The molecular weight excluding hydrogens is 1010 g/mol. The maximum absolute atomic E-state index is 13.2. The lowest BCUT2D eigenvalue weighted by molar-refractivity contribution is -0.379. The highest BCUT2D eigenvalue weighted by Crippen LogP contribution is 2.33. The van der Waals surface area contributed by atoms with Gasteiger partial charge in [-0.1, -0.05) is 150 Å². The van der Waals surface area contributed by atoms with Crippen LogP contribution in [0.5, 0.6) is 0 Å². The molecule has 0 saturated carbocycles. The van der Waals surface area contributed by atoms with Gasteiger partial charge in [-0.05, 0) is 77.0 Å². The Kier molecular flexibility index (Phi) is 36.8. The summed E-state index contributed by atoms with van der Waals surface area (Å²) in [5.74, 6) is -0.317. The van der Waals surface area contributed by atoms with Gasteiger partial charge in [0.15, 0.2) is 18.9 Å². The second-order valence-corrected chi connectivity index (χ2v) is 20.0. The van der Waals surface area contributed by atoms with Gasteiger partial charge in [0.25, 0.3) is 0 Å². The Morgan fingerprint density at radius 3 is 1.38 bits per heavy atom. The molecule has 3 rings (SSSR count). The molecule has 1 amide bonds. The van der Waals surface area contributed by atoms with Crippen LogP contribution in [0.4, 0.5) is 0 Å². The largest absolute Gasteiger partial charge is 0.394 e. The molecule has 446 valence electrons. The molecule has 3 heterocycles. The summed E-state index contributed by atoms with van der Waals surface area (Å²) in [6.45, 7) is 1.48. The number of carbonyl (C=O) groups is 1. The monoisotopic (exact) mass is 1110 g/mol. The summed E-state index contributed by atoms with van der Waals surface area (Å²) >= 11 is 0. The van der Waals surface area contributed by atoms with Crippen molar-refractivity contribution in [1.82, 2.24) is 5.32 Å². The summed E-state index contributed by atoms with van der Waals surface area (Å²) in [4.78, 5) is 13.2. The van der Waals surface area contributed by atoms with Crippen molar-refractivity contribution in [2.24, 2.45) is 0 Å². The molecule has 0 bridgehead atoms. The number of rotatable bonds is 39. The molecule has 0 aromatic carbocycles. The molecular formula is C59H97NO18. The van der Waals surface area contributed by atoms with Gasteiger partial charge in [0, 0.05) is 6.42 Å². The first-order valence-electron chi connectivity index (χ1n) is 28.5. The van der Waals surface area contributed by atoms with Gasteiger partial charge in [-0.2, -0.15) is 0 Å². The van der Waals surface area contributed by atoms with Crippen LogP contribution in [0.1, 0.15) is 136 Å². The van der Waals surface area contributed by atoms with Crippen molar-refractivity contribution in [3.8, 4) is 0 Å². The first-order valence-corrected chi connectivity index (χ1v) is 28.5. The Morgan fingerprint density at radius 1 is 0.474 bits per heavy atom. The number of unbranched alkanes of at least 4 members (excludes halogenated alkanes) is 9. The average molecular weight is 1110 g/mol. The molecule has 3 aliphatic heterocycles. The van der Waals surface area contributed by atoms with Crippen LogP contribution >= 0.6 is 0 Å². The third kappa shape index (κ3) is 25.7. The number of hydrogen-bond acceptors (Lipinski definition) is 18. The predicted octanol–water partition coefficient (Wildman–Crippen LogP) is 4.20. The number of allylic oxidation sites excluding steroid dienone is 15. The van der Waals surface area contributed by atoms with E-state index in [1.807, 2.05) is 6.08 Å². The summed E-state index contributed by atoms with van der Waals surface area (Å²) in [7, 11) is 0.